The van der Waals surface area contributed by atoms with Crippen molar-refractivity contribution in [2.24, 2.45) is 5.73 Å². The van der Waals surface area contributed by atoms with Gasteiger partial charge in [0.2, 0.25) is 11.1 Å². The van der Waals surface area contributed by atoms with Crippen molar-refractivity contribution in [3.05, 3.63) is 65.7 Å². The number of primary amides is 1. The molecule has 0 saturated heterocycles. The zero-order chi connectivity index (χ0) is 22.9. The second-order valence-corrected chi connectivity index (χ2v) is 7.68. The van der Waals surface area contributed by atoms with E-state index in [0.29, 0.717) is 5.16 Å². The molecule has 0 aliphatic heterocycles. The van der Waals surface area contributed by atoms with Crippen LogP contribution in [0.15, 0.2) is 59.8 Å². The Balaban J connectivity index is 1.54. The van der Waals surface area contributed by atoms with Gasteiger partial charge in [0.25, 0.3) is 5.91 Å². The van der Waals surface area contributed by atoms with Gasteiger partial charge in [0.05, 0.1) is 11.4 Å². The van der Waals surface area contributed by atoms with Crippen LogP contribution in [-0.4, -0.2) is 49.8 Å². The second-order valence-electron chi connectivity index (χ2n) is 6.74. The predicted octanol–water partition coefficient (Wildman–Crippen LogP) is 0.490. The lowest BCUT2D eigenvalue weighted by Gasteiger charge is -2.17. The molecule has 1 unspecified atom stereocenters. The SMILES string of the molecule is Cc1ccccc1-n1nnnc1SCC(=O)NNC(=O)C(Cc1ccccc1)NC(N)=O. The number of hydrazine groups is 1. The molecule has 166 valence electrons. The largest absolute Gasteiger partial charge is 0.352 e. The van der Waals surface area contributed by atoms with Crippen LogP contribution in [0.3, 0.4) is 0 Å². The smallest absolute Gasteiger partial charge is 0.312 e. The lowest BCUT2D eigenvalue weighted by atomic mass is 10.1. The fraction of sp³-hybridized carbons (Fsp3) is 0.200. The van der Waals surface area contributed by atoms with Crippen molar-refractivity contribution in [3.8, 4) is 5.69 Å². The number of para-hydroxylation sites is 1. The molecule has 1 heterocycles. The van der Waals surface area contributed by atoms with E-state index in [1.54, 1.807) is 4.68 Å². The number of nitrogens with two attached hydrogens (primary N) is 1. The molecule has 32 heavy (non-hydrogen) atoms. The minimum atomic E-state index is -0.948. The Labute approximate surface area is 188 Å². The number of aromatic nitrogens is 4. The maximum Gasteiger partial charge on any atom is 0.312 e. The van der Waals surface area contributed by atoms with Crippen molar-refractivity contribution in [2.75, 3.05) is 5.75 Å². The number of nitrogens with zero attached hydrogens (tertiary/aromatic N) is 4. The summed E-state index contributed by atoms with van der Waals surface area (Å²) >= 11 is 1.11. The highest BCUT2D eigenvalue weighted by Crippen LogP contribution is 2.20. The molecule has 0 radical (unpaired) electrons. The number of benzene rings is 2. The molecule has 0 spiro atoms. The van der Waals surface area contributed by atoms with Crippen molar-refractivity contribution in [1.29, 1.82) is 0 Å². The normalized spacial score (nSPS) is 11.4. The molecule has 1 aromatic heterocycles. The first kappa shape index (κ1) is 22.7. The van der Waals surface area contributed by atoms with Gasteiger partial charge in [0.1, 0.15) is 6.04 Å². The molecule has 2 aromatic carbocycles. The summed E-state index contributed by atoms with van der Waals surface area (Å²) in [5, 5.41) is 14.4. The van der Waals surface area contributed by atoms with Crippen molar-refractivity contribution in [1.82, 2.24) is 36.4 Å². The highest BCUT2D eigenvalue weighted by atomic mass is 32.2. The molecule has 1 atom stereocenters. The first-order valence-corrected chi connectivity index (χ1v) is 10.6. The van der Waals surface area contributed by atoms with Crippen molar-refractivity contribution < 1.29 is 14.4 Å². The van der Waals surface area contributed by atoms with Gasteiger partial charge < -0.3 is 11.1 Å². The van der Waals surface area contributed by atoms with Gasteiger partial charge in [-0.1, -0.05) is 60.3 Å². The summed E-state index contributed by atoms with van der Waals surface area (Å²) in [6.07, 6.45) is 0.214. The van der Waals surface area contributed by atoms with E-state index < -0.39 is 23.9 Å². The van der Waals surface area contributed by atoms with E-state index in [-0.39, 0.29) is 12.2 Å². The van der Waals surface area contributed by atoms with Crippen LogP contribution in [0.1, 0.15) is 11.1 Å². The summed E-state index contributed by atoms with van der Waals surface area (Å²) in [4.78, 5) is 36.0. The van der Waals surface area contributed by atoms with Gasteiger partial charge in [-0.05, 0) is 34.5 Å². The minimum absolute atomic E-state index is 0.0425. The third kappa shape index (κ3) is 6.28. The molecule has 3 rings (SSSR count). The summed E-state index contributed by atoms with van der Waals surface area (Å²) in [6.45, 7) is 1.93. The van der Waals surface area contributed by atoms with Gasteiger partial charge in [-0.25, -0.2) is 4.79 Å². The van der Waals surface area contributed by atoms with Crippen LogP contribution in [0.4, 0.5) is 4.79 Å². The Morgan fingerprint density at radius 3 is 2.50 bits per heavy atom. The molecule has 0 fully saturated rings. The van der Waals surface area contributed by atoms with E-state index >= 15 is 0 Å². The molecule has 11 nitrogen and oxygen atoms in total. The second kappa shape index (κ2) is 10.9. The van der Waals surface area contributed by atoms with Crippen LogP contribution in [0.25, 0.3) is 5.69 Å². The van der Waals surface area contributed by atoms with Crippen molar-refractivity contribution >= 4 is 29.6 Å². The number of carbonyl (C=O) groups is 3. The number of rotatable bonds is 8. The zero-order valence-electron chi connectivity index (χ0n) is 17.2. The highest BCUT2D eigenvalue weighted by molar-refractivity contribution is 7.99. The third-order valence-electron chi connectivity index (χ3n) is 4.36. The number of aryl methyl sites for hydroxylation is 1. The van der Waals surface area contributed by atoms with E-state index in [2.05, 4.69) is 31.7 Å². The number of urea groups is 1. The third-order valence-corrected chi connectivity index (χ3v) is 5.28. The number of hydrogen-bond acceptors (Lipinski definition) is 7. The summed E-state index contributed by atoms with van der Waals surface area (Å²) in [7, 11) is 0. The summed E-state index contributed by atoms with van der Waals surface area (Å²) in [5.41, 5.74) is 12.4. The molecular weight excluding hydrogens is 432 g/mol. The van der Waals surface area contributed by atoms with Crippen LogP contribution < -0.4 is 21.9 Å². The number of amides is 4. The Hall–Kier alpha value is -3.93. The molecule has 4 amide bonds. The molecule has 0 saturated carbocycles. The van der Waals surface area contributed by atoms with E-state index in [0.717, 1.165) is 28.6 Å². The predicted molar refractivity (Wildman–Crippen MR) is 118 cm³/mol. The topological polar surface area (TPSA) is 157 Å². The quantitative estimate of drug-likeness (QED) is 0.285. The number of hydrogen-bond donors (Lipinski definition) is 4. The van der Waals surface area contributed by atoms with Crippen LogP contribution >= 0.6 is 11.8 Å². The van der Waals surface area contributed by atoms with Gasteiger partial charge >= 0.3 is 6.03 Å². The molecular formula is C20H22N8O3S. The fourth-order valence-electron chi connectivity index (χ4n) is 2.84. The van der Waals surface area contributed by atoms with Crippen LogP contribution in [0, 0.1) is 6.92 Å². The Morgan fingerprint density at radius 2 is 1.78 bits per heavy atom. The number of tetrazole rings is 1. The maximum absolute atomic E-state index is 12.5. The van der Waals surface area contributed by atoms with Gasteiger partial charge in [-0.15, -0.1) is 5.10 Å². The standard InChI is InChI=1S/C20H22N8O3S/c1-13-7-5-6-10-16(13)28-20(25-26-27-28)32-12-17(29)23-24-18(30)15(22-19(21)31)11-14-8-3-2-4-9-14/h2-10,15H,11-12H2,1H3,(H,23,29)(H,24,30)(H3,21,22,31). The lowest BCUT2D eigenvalue weighted by molar-refractivity contribution is -0.128. The lowest BCUT2D eigenvalue weighted by Crippen LogP contribution is -2.54. The van der Waals surface area contributed by atoms with Crippen molar-refractivity contribution in [2.45, 2.75) is 24.5 Å². The molecule has 12 heteroatoms. The molecule has 5 N–H and O–H groups in total. The minimum Gasteiger partial charge on any atom is -0.352 e. The van der Waals surface area contributed by atoms with E-state index in [4.69, 9.17) is 5.73 Å². The van der Waals surface area contributed by atoms with Crippen LogP contribution in [0.5, 0.6) is 0 Å². The summed E-state index contributed by atoms with van der Waals surface area (Å²) < 4.78 is 1.54. The Bertz CT molecular complexity index is 1090. The van der Waals surface area contributed by atoms with Crippen LogP contribution in [0.2, 0.25) is 0 Å². The molecule has 3 aromatic rings. The average Bonchev–Trinajstić information content (AvgIpc) is 3.24. The number of nitrogens with one attached hydrogen (secondary N) is 3. The van der Waals surface area contributed by atoms with Crippen LogP contribution in [-0.2, 0) is 16.0 Å². The monoisotopic (exact) mass is 454 g/mol. The van der Waals surface area contributed by atoms with E-state index in [9.17, 15) is 14.4 Å². The zero-order valence-corrected chi connectivity index (χ0v) is 18.0. The number of carbonyl (C=O) groups excluding carboxylic acids is 3. The average molecular weight is 455 g/mol. The van der Waals surface area contributed by atoms with Gasteiger partial charge in [0.15, 0.2) is 0 Å². The van der Waals surface area contributed by atoms with Gasteiger partial charge in [-0.2, -0.15) is 4.68 Å². The first-order chi connectivity index (χ1) is 15.4. The number of thioether (sulfide) groups is 1. The molecule has 0 bridgehead atoms. The van der Waals surface area contributed by atoms with Crippen molar-refractivity contribution in [3.63, 3.8) is 0 Å². The highest BCUT2D eigenvalue weighted by Gasteiger charge is 2.21. The fourth-order valence-corrected chi connectivity index (χ4v) is 3.52. The Morgan fingerprint density at radius 1 is 1.06 bits per heavy atom. The van der Waals surface area contributed by atoms with Gasteiger partial charge in [0, 0.05) is 6.42 Å². The Kier molecular flexibility index (Phi) is 7.75. The van der Waals surface area contributed by atoms with E-state index in [1.807, 2.05) is 61.5 Å². The van der Waals surface area contributed by atoms with E-state index in [1.165, 1.54) is 0 Å². The molecule has 0 aliphatic rings. The molecule has 0 aliphatic carbocycles. The van der Waals surface area contributed by atoms with Gasteiger partial charge in [-0.3, -0.25) is 20.4 Å². The maximum atomic E-state index is 12.5. The first-order valence-electron chi connectivity index (χ1n) is 9.60. The summed E-state index contributed by atoms with van der Waals surface area (Å²) in [5.74, 6) is -1.12. The summed E-state index contributed by atoms with van der Waals surface area (Å²) in [6, 6.07) is 14.9.